The second-order valence-corrected chi connectivity index (χ2v) is 6.19. The number of hydrogen-bond donors (Lipinski definition) is 1. The van der Waals surface area contributed by atoms with Crippen molar-refractivity contribution in [3.63, 3.8) is 0 Å². The molecule has 3 rings (SSSR count). The van der Waals surface area contributed by atoms with Crippen LogP contribution in [0.25, 0.3) is 20.8 Å². The first kappa shape index (κ1) is 12.0. The second kappa shape index (κ2) is 4.53. The molecule has 0 radical (unpaired) electrons. The Morgan fingerprint density at radius 2 is 2.00 bits per heavy atom. The summed E-state index contributed by atoms with van der Waals surface area (Å²) < 4.78 is 2.01. The van der Waals surface area contributed by atoms with Crippen LogP contribution in [0.15, 0.2) is 40.9 Å². The zero-order chi connectivity index (χ0) is 12.7. The summed E-state index contributed by atoms with van der Waals surface area (Å²) in [5.74, 6) is 0. The van der Waals surface area contributed by atoms with Gasteiger partial charge in [0.1, 0.15) is 5.01 Å². The van der Waals surface area contributed by atoms with Gasteiger partial charge in [-0.25, -0.2) is 4.98 Å². The Hall–Kier alpha value is -1.10. The molecule has 2 nitrogen and oxygen atoms in total. The fourth-order valence-electron chi connectivity index (χ4n) is 1.68. The molecule has 0 aliphatic rings. The van der Waals surface area contributed by atoms with Gasteiger partial charge in [0.05, 0.1) is 10.2 Å². The van der Waals surface area contributed by atoms with Gasteiger partial charge in [0.2, 0.25) is 0 Å². The van der Waals surface area contributed by atoms with Crippen molar-refractivity contribution in [1.29, 1.82) is 0 Å². The van der Waals surface area contributed by atoms with Crippen LogP contribution in [-0.2, 0) is 0 Å². The number of anilines is 1. The lowest BCUT2D eigenvalue weighted by Crippen LogP contribution is -1.86. The van der Waals surface area contributed by atoms with Crippen LogP contribution in [0, 0.1) is 0 Å². The average molecular weight is 340 g/mol. The first-order valence-electron chi connectivity index (χ1n) is 5.25. The number of benzene rings is 2. The standard InChI is InChI=1S/C13H8BrClN2S/c14-9-5-7(1-3-10(9)16)13-17-11-6-8(15)2-4-12(11)18-13/h1-6H,16H2. The molecule has 0 unspecified atom stereocenters. The van der Waals surface area contributed by atoms with E-state index in [2.05, 4.69) is 20.9 Å². The Morgan fingerprint density at radius 1 is 1.17 bits per heavy atom. The van der Waals surface area contributed by atoms with Crippen molar-refractivity contribution in [2.75, 3.05) is 5.73 Å². The number of fused-ring (bicyclic) bond motifs is 1. The third-order valence-corrected chi connectivity index (χ3v) is 4.60. The Labute approximate surface area is 122 Å². The number of aromatic nitrogens is 1. The first-order chi connectivity index (χ1) is 8.63. The maximum Gasteiger partial charge on any atom is 0.124 e. The van der Waals surface area contributed by atoms with Gasteiger partial charge in [-0.05, 0) is 52.3 Å². The molecule has 1 aromatic heterocycles. The summed E-state index contributed by atoms with van der Waals surface area (Å²) >= 11 is 11.0. The fraction of sp³-hybridized carbons (Fsp3) is 0. The number of nitrogen functional groups attached to an aromatic ring is 1. The van der Waals surface area contributed by atoms with Gasteiger partial charge in [-0.2, -0.15) is 0 Å². The van der Waals surface area contributed by atoms with Crippen LogP contribution in [-0.4, -0.2) is 4.98 Å². The number of halogens is 2. The molecule has 0 amide bonds. The van der Waals surface area contributed by atoms with E-state index in [-0.39, 0.29) is 0 Å². The highest BCUT2D eigenvalue weighted by Crippen LogP contribution is 2.33. The van der Waals surface area contributed by atoms with Gasteiger partial charge >= 0.3 is 0 Å². The van der Waals surface area contributed by atoms with Crippen molar-refractivity contribution < 1.29 is 0 Å². The molecule has 2 N–H and O–H groups in total. The summed E-state index contributed by atoms with van der Waals surface area (Å²) in [5, 5.41) is 1.67. The van der Waals surface area contributed by atoms with Crippen molar-refractivity contribution in [3.8, 4) is 10.6 Å². The van der Waals surface area contributed by atoms with Crippen LogP contribution < -0.4 is 5.73 Å². The number of nitrogens with two attached hydrogens (primary N) is 1. The van der Waals surface area contributed by atoms with Gasteiger partial charge in [0.25, 0.3) is 0 Å². The average Bonchev–Trinajstić information content (AvgIpc) is 2.75. The molecular weight excluding hydrogens is 332 g/mol. The lowest BCUT2D eigenvalue weighted by molar-refractivity contribution is 1.47. The molecule has 0 aliphatic heterocycles. The topological polar surface area (TPSA) is 38.9 Å². The molecule has 0 fully saturated rings. The largest absolute Gasteiger partial charge is 0.398 e. The van der Waals surface area contributed by atoms with Crippen molar-refractivity contribution in [2.24, 2.45) is 0 Å². The monoisotopic (exact) mass is 338 g/mol. The highest BCUT2D eigenvalue weighted by Gasteiger charge is 2.08. The number of rotatable bonds is 1. The second-order valence-electron chi connectivity index (χ2n) is 3.87. The summed E-state index contributed by atoms with van der Waals surface area (Å²) in [7, 11) is 0. The molecule has 0 spiro atoms. The summed E-state index contributed by atoms with van der Waals surface area (Å²) in [4.78, 5) is 4.59. The maximum absolute atomic E-state index is 5.96. The Kier molecular flexibility index (Phi) is 3.01. The minimum atomic E-state index is 0.706. The summed E-state index contributed by atoms with van der Waals surface area (Å²) in [6.45, 7) is 0. The van der Waals surface area contributed by atoms with E-state index >= 15 is 0 Å². The van der Waals surface area contributed by atoms with E-state index in [1.807, 2.05) is 36.4 Å². The lowest BCUT2D eigenvalue weighted by Gasteiger charge is -2.00. The lowest BCUT2D eigenvalue weighted by atomic mass is 10.2. The molecule has 0 bridgehead atoms. The SMILES string of the molecule is Nc1ccc(-c2nc3cc(Cl)ccc3s2)cc1Br. The highest BCUT2D eigenvalue weighted by molar-refractivity contribution is 9.10. The van der Waals surface area contributed by atoms with Gasteiger partial charge < -0.3 is 5.73 Å². The van der Waals surface area contributed by atoms with Gasteiger partial charge in [-0.15, -0.1) is 11.3 Å². The van der Waals surface area contributed by atoms with E-state index in [0.29, 0.717) is 5.02 Å². The minimum absolute atomic E-state index is 0.706. The van der Waals surface area contributed by atoms with Crippen molar-refractivity contribution in [2.45, 2.75) is 0 Å². The molecular formula is C13H8BrClN2S. The molecule has 1 heterocycles. The maximum atomic E-state index is 5.96. The van der Waals surface area contributed by atoms with Crippen LogP contribution >= 0.6 is 38.9 Å². The highest BCUT2D eigenvalue weighted by atomic mass is 79.9. The van der Waals surface area contributed by atoms with Crippen molar-refractivity contribution in [1.82, 2.24) is 4.98 Å². The van der Waals surface area contributed by atoms with Crippen molar-refractivity contribution in [3.05, 3.63) is 45.9 Å². The molecule has 90 valence electrons. The fourth-order valence-corrected chi connectivity index (χ4v) is 3.17. The van der Waals surface area contributed by atoms with Crippen LogP contribution in [0.4, 0.5) is 5.69 Å². The normalized spacial score (nSPS) is 11.0. The van der Waals surface area contributed by atoms with Gasteiger partial charge in [0.15, 0.2) is 0 Å². The van der Waals surface area contributed by atoms with Crippen LogP contribution in [0.2, 0.25) is 5.02 Å². The third-order valence-electron chi connectivity index (χ3n) is 2.60. The predicted octanol–water partition coefficient (Wildman–Crippen LogP) is 4.96. The van der Waals surface area contributed by atoms with Crippen LogP contribution in [0.3, 0.4) is 0 Å². The van der Waals surface area contributed by atoms with Crippen LogP contribution in [0.1, 0.15) is 0 Å². The summed E-state index contributed by atoms with van der Waals surface area (Å²) in [6, 6.07) is 11.6. The molecule has 0 saturated heterocycles. The smallest absolute Gasteiger partial charge is 0.124 e. The zero-order valence-electron chi connectivity index (χ0n) is 9.15. The number of thiazole rings is 1. The Bertz CT molecular complexity index is 739. The predicted molar refractivity (Wildman–Crippen MR) is 82.2 cm³/mol. The van der Waals surface area contributed by atoms with E-state index in [0.717, 1.165) is 30.9 Å². The molecule has 5 heteroatoms. The summed E-state index contributed by atoms with van der Waals surface area (Å²) in [5.41, 5.74) is 8.48. The van der Waals surface area contributed by atoms with Gasteiger partial charge in [-0.3, -0.25) is 0 Å². The third kappa shape index (κ3) is 2.11. The van der Waals surface area contributed by atoms with Crippen molar-refractivity contribution >= 4 is 54.8 Å². The van der Waals surface area contributed by atoms with E-state index in [4.69, 9.17) is 17.3 Å². The van der Waals surface area contributed by atoms with Crippen LogP contribution in [0.5, 0.6) is 0 Å². The van der Waals surface area contributed by atoms with E-state index in [9.17, 15) is 0 Å². The molecule has 0 aliphatic carbocycles. The minimum Gasteiger partial charge on any atom is -0.398 e. The van der Waals surface area contributed by atoms with E-state index < -0.39 is 0 Å². The van der Waals surface area contributed by atoms with Gasteiger partial charge in [0, 0.05) is 20.7 Å². The molecule has 0 atom stereocenters. The molecule has 0 saturated carbocycles. The van der Waals surface area contributed by atoms with E-state index in [1.54, 1.807) is 11.3 Å². The van der Waals surface area contributed by atoms with E-state index in [1.165, 1.54) is 0 Å². The quantitative estimate of drug-likeness (QED) is 0.636. The molecule has 18 heavy (non-hydrogen) atoms. The molecule has 3 aromatic rings. The number of hydrogen-bond acceptors (Lipinski definition) is 3. The molecule has 2 aromatic carbocycles. The Balaban J connectivity index is 2.16. The summed E-state index contributed by atoms with van der Waals surface area (Å²) in [6.07, 6.45) is 0. The zero-order valence-corrected chi connectivity index (χ0v) is 12.3. The number of nitrogens with zero attached hydrogens (tertiary/aromatic N) is 1. The Morgan fingerprint density at radius 3 is 2.78 bits per heavy atom. The first-order valence-corrected chi connectivity index (χ1v) is 7.24. The van der Waals surface area contributed by atoms with Gasteiger partial charge in [-0.1, -0.05) is 11.6 Å².